The number of hydrogen-bond acceptors (Lipinski definition) is 2. The van der Waals surface area contributed by atoms with Crippen molar-refractivity contribution < 1.29 is 4.79 Å². The van der Waals surface area contributed by atoms with Crippen LogP contribution >= 0.6 is 15.9 Å². The summed E-state index contributed by atoms with van der Waals surface area (Å²) in [4.78, 5) is 20.1. The Balaban J connectivity index is 1.70. The minimum absolute atomic E-state index is 0.307. The molecule has 3 N–H and O–H groups in total. The van der Waals surface area contributed by atoms with Gasteiger partial charge in [-0.1, -0.05) is 40.2 Å². The van der Waals surface area contributed by atoms with E-state index in [2.05, 4.69) is 36.5 Å². The molecule has 0 radical (unpaired) electrons. The first-order valence-corrected chi connectivity index (χ1v) is 8.85. The van der Waals surface area contributed by atoms with Gasteiger partial charge in [-0.2, -0.15) is 0 Å². The Morgan fingerprint density at radius 2 is 1.88 bits per heavy atom. The second-order valence-electron chi connectivity index (χ2n) is 5.75. The normalized spacial score (nSPS) is 10.7. The summed E-state index contributed by atoms with van der Waals surface area (Å²) in [6.45, 7) is 0. The number of carbonyl (C=O) groups is 1. The van der Waals surface area contributed by atoms with Gasteiger partial charge in [-0.05, 0) is 36.4 Å². The van der Waals surface area contributed by atoms with Crippen LogP contribution in [0.1, 0.15) is 0 Å². The molecule has 0 aliphatic rings. The number of halogens is 1. The Labute approximate surface area is 158 Å². The highest BCUT2D eigenvalue weighted by Crippen LogP contribution is 2.34. The molecule has 128 valence electrons. The third kappa shape index (κ3) is 3.32. The fraction of sp³-hybridized carbons (Fsp3) is 0. The third-order valence-electron chi connectivity index (χ3n) is 3.98. The van der Waals surface area contributed by atoms with Gasteiger partial charge in [0.2, 0.25) is 0 Å². The number of nitrogens with one attached hydrogen (secondary N) is 3. The predicted octanol–water partition coefficient (Wildman–Crippen LogP) is 5.64. The number of benzene rings is 2. The summed E-state index contributed by atoms with van der Waals surface area (Å²) in [6, 6.07) is 18.8. The molecule has 0 saturated heterocycles. The second-order valence-corrected chi connectivity index (χ2v) is 6.67. The Morgan fingerprint density at radius 1 is 1.00 bits per heavy atom. The summed E-state index contributed by atoms with van der Waals surface area (Å²) in [5.41, 5.74) is 4.11. The standard InChI is InChI=1S/C20H15BrN4O/c21-14-6-3-7-15(11-14)23-20(26)25-19-16-8-1-2-9-17(16)24-18(19)13-5-4-10-22-12-13/h1-12,24H,(H2,23,25,26). The number of aromatic nitrogens is 2. The van der Waals surface area contributed by atoms with Crippen LogP contribution in [-0.4, -0.2) is 16.0 Å². The molecule has 4 aromatic rings. The van der Waals surface area contributed by atoms with Gasteiger partial charge in [0.15, 0.2) is 0 Å². The lowest BCUT2D eigenvalue weighted by atomic mass is 10.1. The highest BCUT2D eigenvalue weighted by atomic mass is 79.9. The molecule has 6 heteroatoms. The number of anilines is 2. The highest BCUT2D eigenvalue weighted by Gasteiger charge is 2.15. The van der Waals surface area contributed by atoms with E-state index >= 15 is 0 Å². The molecule has 0 fully saturated rings. The third-order valence-corrected chi connectivity index (χ3v) is 4.47. The fourth-order valence-corrected chi connectivity index (χ4v) is 3.24. The second kappa shape index (κ2) is 7.01. The van der Waals surface area contributed by atoms with Crippen LogP contribution in [0.15, 0.2) is 77.5 Å². The number of H-pyrrole nitrogens is 1. The van der Waals surface area contributed by atoms with Crippen LogP contribution in [0, 0.1) is 0 Å². The minimum Gasteiger partial charge on any atom is -0.353 e. The zero-order valence-electron chi connectivity index (χ0n) is 13.7. The summed E-state index contributed by atoms with van der Waals surface area (Å²) < 4.78 is 0.901. The Kier molecular flexibility index (Phi) is 4.41. The molecule has 2 aromatic heterocycles. The molecule has 0 unspecified atom stereocenters. The van der Waals surface area contributed by atoms with Crippen molar-refractivity contribution in [2.75, 3.05) is 10.6 Å². The lowest BCUT2D eigenvalue weighted by molar-refractivity contribution is 0.262. The van der Waals surface area contributed by atoms with E-state index in [9.17, 15) is 4.79 Å². The Morgan fingerprint density at radius 3 is 2.69 bits per heavy atom. The predicted molar refractivity (Wildman–Crippen MR) is 108 cm³/mol. The van der Waals surface area contributed by atoms with Crippen molar-refractivity contribution in [3.05, 3.63) is 77.5 Å². The lowest BCUT2D eigenvalue weighted by Crippen LogP contribution is -2.19. The van der Waals surface area contributed by atoms with Crippen molar-refractivity contribution in [2.45, 2.75) is 0 Å². The topological polar surface area (TPSA) is 69.8 Å². The van der Waals surface area contributed by atoms with Crippen LogP contribution in [-0.2, 0) is 0 Å². The smallest absolute Gasteiger partial charge is 0.323 e. The van der Waals surface area contributed by atoms with Crippen LogP contribution < -0.4 is 10.6 Å². The molecule has 0 bridgehead atoms. The largest absolute Gasteiger partial charge is 0.353 e. The number of aromatic amines is 1. The van der Waals surface area contributed by atoms with Crippen molar-refractivity contribution in [3.8, 4) is 11.3 Å². The van der Waals surface area contributed by atoms with Gasteiger partial charge >= 0.3 is 6.03 Å². The molecule has 4 rings (SSSR count). The Hall–Kier alpha value is -3.12. The quantitative estimate of drug-likeness (QED) is 0.412. The Bertz CT molecular complexity index is 1080. The van der Waals surface area contributed by atoms with Crippen LogP contribution in [0.25, 0.3) is 22.2 Å². The molecule has 5 nitrogen and oxygen atoms in total. The summed E-state index contributed by atoms with van der Waals surface area (Å²) in [7, 11) is 0. The number of pyridine rings is 1. The van der Waals surface area contributed by atoms with Crippen molar-refractivity contribution in [1.82, 2.24) is 9.97 Å². The molecule has 2 aromatic carbocycles. The average molecular weight is 407 g/mol. The van der Waals surface area contributed by atoms with E-state index in [-0.39, 0.29) is 6.03 Å². The number of fused-ring (bicyclic) bond motifs is 1. The zero-order chi connectivity index (χ0) is 17.9. The maximum Gasteiger partial charge on any atom is 0.323 e. The number of para-hydroxylation sites is 1. The molecule has 0 spiro atoms. The van der Waals surface area contributed by atoms with E-state index in [0.29, 0.717) is 5.69 Å². The lowest BCUT2D eigenvalue weighted by Gasteiger charge is -2.09. The van der Waals surface area contributed by atoms with Gasteiger partial charge in [0, 0.05) is 39.0 Å². The number of hydrogen-bond donors (Lipinski definition) is 3. The molecule has 0 saturated carbocycles. The number of carbonyl (C=O) groups excluding carboxylic acids is 1. The van der Waals surface area contributed by atoms with Crippen LogP contribution in [0.4, 0.5) is 16.2 Å². The zero-order valence-corrected chi connectivity index (χ0v) is 15.2. The van der Waals surface area contributed by atoms with E-state index in [0.717, 1.165) is 32.3 Å². The van der Waals surface area contributed by atoms with Crippen LogP contribution in [0.5, 0.6) is 0 Å². The van der Waals surface area contributed by atoms with E-state index in [1.54, 1.807) is 12.4 Å². The van der Waals surface area contributed by atoms with Gasteiger partial charge < -0.3 is 15.6 Å². The van der Waals surface area contributed by atoms with Crippen LogP contribution in [0.3, 0.4) is 0 Å². The fourth-order valence-electron chi connectivity index (χ4n) is 2.84. The van der Waals surface area contributed by atoms with Gasteiger partial charge in [0.1, 0.15) is 0 Å². The van der Waals surface area contributed by atoms with E-state index < -0.39 is 0 Å². The summed E-state index contributed by atoms with van der Waals surface area (Å²) >= 11 is 3.40. The number of nitrogens with zero attached hydrogens (tertiary/aromatic N) is 1. The number of urea groups is 1. The van der Waals surface area contributed by atoms with Crippen molar-refractivity contribution in [3.63, 3.8) is 0 Å². The van der Waals surface area contributed by atoms with Crippen molar-refractivity contribution in [1.29, 1.82) is 0 Å². The number of rotatable bonds is 3. The summed E-state index contributed by atoms with van der Waals surface area (Å²) in [6.07, 6.45) is 3.49. The molecule has 0 aliphatic heterocycles. The summed E-state index contributed by atoms with van der Waals surface area (Å²) in [5.74, 6) is 0. The SMILES string of the molecule is O=C(Nc1cccc(Br)c1)Nc1c(-c2cccnc2)[nH]c2ccccc12. The van der Waals surface area contributed by atoms with E-state index in [1.807, 2.05) is 60.7 Å². The van der Waals surface area contributed by atoms with Gasteiger partial charge in [0.25, 0.3) is 0 Å². The maximum atomic E-state index is 12.6. The molecule has 2 amide bonds. The highest BCUT2D eigenvalue weighted by molar-refractivity contribution is 9.10. The van der Waals surface area contributed by atoms with Crippen molar-refractivity contribution >= 4 is 44.2 Å². The summed E-state index contributed by atoms with van der Waals surface area (Å²) in [5, 5.41) is 6.77. The van der Waals surface area contributed by atoms with Gasteiger partial charge in [-0.15, -0.1) is 0 Å². The first kappa shape index (κ1) is 16.4. The molecule has 2 heterocycles. The maximum absolute atomic E-state index is 12.6. The van der Waals surface area contributed by atoms with Crippen molar-refractivity contribution in [2.24, 2.45) is 0 Å². The molecule has 0 aliphatic carbocycles. The molecule has 0 atom stereocenters. The molecular weight excluding hydrogens is 392 g/mol. The average Bonchev–Trinajstić information content (AvgIpc) is 3.01. The van der Waals surface area contributed by atoms with E-state index in [1.165, 1.54) is 0 Å². The van der Waals surface area contributed by atoms with Gasteiger partial charge in [-0.3, -0.25) is 4.98 Å². The molecule has 26 heavy (non-hydrogen) atoms. The minimum atomic E-state index is -0.307. The van der Waals surface area contributed by atoms with Crippen LogP contribution in [0.2, 0.25) is 0 Å². The number of amides is 2. The van der Waals surface area contributed by atoms with Gasteiger partial charge in [0.05, 0.1) is 11.4 Å². The molecular formula is C20H15BrN4O. The van der Waals surface area contributed by atoms with E-state index in [4.69, 9.17) is 0 Å². The first-order valence-electron chi connectivity index (χ1n) is 8.05. The first-order chi connectivity index (χ1) is 12.7. The van der Waals surface area contributed by atoms with Gasteiger partial charge in [-0.25, -0.2) is 4.79 Å². The monoisotopic (exact) mass is 406 g/mol.